The Morgan fingerprint density at radius 3 is 1.86 bits per heavy atom. The molecule has 3 aromatic rings. The Hall–Kier alpha value is -2.62. The summed E-state index contributed by atoms with van der Waals surface area (Å²) in [5.74, 6) is 0.838. The molecule has 1 heterocycles. The lowest BCUT2D eigenvalue weighted by atomic mass is 9.80. The first kappa shape index (κ1) is 18.7. The number of hydrogen-bond acceptors (Lipinski definition) is 3. The predicted octanol–water partition coefficient (Wildman–Crippen LogP) is 5.18. The highest BCUT2D eigenvalue weighted by Crippen LogP contribution is 2.41. The Bertz CT molecular complexity index is 816. The van der Waals surface area contributed by atoms with Crippen molar-refractivity contribution in [1.29, 1.82) is 0 Å². The number of benzene rings is 3. The van der Waals surface area contributed by atoms with E-state index >= 15 is 0 Å². The largest absolute Gasteiger partial charge is 0.497 e. The molecule has 0 radical (unpaired) electrons. The molecule has 0 aliphatic carbocycles. The standard InChI is InChI=1S/C25H26O3/c1-26-23-16-14-22(15-17-23)25(20-9-4-2-5-10-20,21-11-6-3-7-12-21)28-18-8-13-24-19-27-24/h2-7,9-12,14-17,24H,8,13,18-19H2,1H3/t24-/m0/s1. The first-order chi connectivity index (χ1) is 13.8. The van der Waals surface area contributed by atoms with Gasteiger partial charge in [-0.2, -0.15) is 0 Å². The minimum Gasteiger partial charge on any atom is -0.497 e. The molecular weight excluding hydrogens is 348 g/mol. The van der Waals surface area contributed by atoms with Gasteiger partial charge in [0.2, 0.25) is 0 Å². The van der Waals surface area contributed by atoms with Gasteiger partial charge in [0.1, 0.15) is 11.4 Å². The van der Waals surface area contributed by atoms with E-state index in [0.717, 1.165) is 41.9 Å². The van der Waals surface area contributed by atoms with Crippen molar-refractivity contribution < 1.29 is 14.2 Å². The third kappa shape index (κ3) is 3.96. The fraction of sp³-hybridized carbons (Fsp3) is 0.280. The van der Waals surface area contributed by atoms with Gasteiger partial charge in [0.15, 0.2) is 0 Å². The molecule has 0 spiro atoms. The highest BCUT2D eigenvalue weighted by Gasteiger charge is 2.37. The minimum atomic E-state index is -0.667. The Morgan fingerprint density at radius 2 is 1.36 bits per heavy atom. The first-order valence-electron chi connectivity index (χ1n) is 9.84. The van der Waals surface area contributed by atoms with Crippen LogP contribution < -0.4 is 4.74 Å². The quantitative estimate of drug-likeness (QED) is 0.294. The zero-order chi connectivity index (χ0) is 19.2. The van der Waals surface area contributed by atoms with Crippen molar-refractivity contribution in [3.63, 3.8) is 0 Å². The second kappa shape index (κ2) is 8.59. The van der Waals surface area contributed by atoms with E-state index in [-0.39, 0.29) is 0 Å². The number of ether oxygens (including phenoxy) is 3. The van der Waals surface area contributed by atoms with Crippen molar-refractivity contribution >= 4 is 0 Å². The molecule has 1 aliphatic heterocycles. The van der Waals surface area contributed by atoms with Crippen LogP contribution in [0.1, 0.15) is 29.5 Å². The molecule has 1 aliphatic rings. The average Bonchev–Trinajstić information content (AvgIpc) is 3.60. The van der Waals surface area contributed by atoms with E-state index in [2.05, 4.69) is 60.7 Å². The highest BCUT2D eigenvalue weighted by molar-refractivity contribution is 5.48. The average molecular weight is 374 g/mol. The molecule has 1 saturated heterocycles. The summed E-state index contributed by atoms with van der Waals surface area (Å²) >= 11 is 0. The van der Waals surface area contributed by atoms with Gasteiger partial charge in [-0.15, -0.1) is 0 Å². The molecule has 4 rings (SSSR count). The topological polar surface area (TPSA) is 31.0 Å². The normalized spacial score (nSPS) is 16.0. The molecule has 1 fully saturated rings. The zero-order valence-electron chi connectivity index (χ0n) is 16.2. The van der Waals surface area contributed by atoms with E-state index in [1.54, 1.807) is 7.11 Å². The van der Waals surface area contributed by atoms with E-state index in [0.29, 0.717) is 12.7 Å². The smallest absolute Gasteiger partial charge is 0.143 e. The van der Waals surface area contributed by atoms with Gasteiger partial charge in [0.05, 0.1) is 19.8 Å². The van der Waals surface area contributed by atoms with Crippen LogP contribution in [-0.2, 0) is 15.1 Å². The fourth-order valence-electron chi connectivity index (χ4n) is 3.69. The summed E-state index contributed by atoms with van der Waals surface area (Å²) in [6.45, 7) is 1.55. The molecule has 28 heavy (non-hydrogen) atoms. The van der Waals surface area contributed by atoms with Gasteiger partial charge in [-0.3, -0.25) is 0 Å². The monoisotopic (exact) mass is 374 g/mol. The van der Waals surface area contributed by atoms with Crippen molar-refractivity contribution in [1.82, 2.24) is 0 Å². The van der Waals surface area contributed by atoms with Crippen molar-refractivity contribution in [3.8, 4) is 5.75 Å². The van der Waals surface area contributed by atoms with Crippen LogP contribution in [0.5, 0.6) is 5.75 Å². The molecule has 0 unspecified atom stereocenters. The lowest BCUT2D eigenvalue weighted by molar-refractivity contribution is 0.0102. The first-order valence-corrected chi connectivity index (χ1v) is 9.84. The lowest BCUT2D eigenvalue weighted by Crippen LogP contribution is -2.33. The summed E-state index contributed by atoms with van der Waals surface area (Å²) in [7, 11) is 1.69. The molecule has 3 nitrogen and oxygen atoms in total. The van der Waals surface area contributed by atoms with E-state index in [4.69, 9.17) is 14.2 Å². The summed E-state index contributed by atoms with van der Waals surface area (Å²) < 4.78 is 17.5. The molecule has 0 aromatic heterocycles. The van der Waals surface area contributed by atoms with Crippen molar-refractivity contribution in [2.24, 2.45) is 0 Å². The van der Waals surface area contributed by atoms with Crippen LogP contribution in [0.15, 0.2) is 84.9 Å². The van der Waals surface area contributed by atoms with Crippen molar-refractivity contribution in [2.75, 3.05) is 20.3 Å². The van der Waals surface area contributed by atoms with Crippen molar-refractivity contribution in [2.45, 2.75) is 24.5 Å². The van der Waals surface area contributed by atoms with Crippen molar-refractivity contribution in [3.05, 3.63) is 102 Å². The number of rotatable bonds is 9. The van der Waals surface area contributed by atoms with Gasteiger partial charge >= 0.3 is 0 Å². The molecule has 3 aromatic carbocycles. The molecule has 0 amide bonds. The maximum absolute atomic E-state index is 6.74. The van der Waals surface area contributed by atoms with E-state index in [1.165, 1.54) is 0 Å². The van der Waals surface area contributed by atoms with E-state index in [1.807, 2.05) is 24.3 Å². The third-order valence-electron chi connectivity index (χ3n) is 5.25. The summed E-state index contributed by atoms with van der Waals surface area (Å²) in [5.41, 5.74) is 2.66. The summed E-state index contributed by atoms with van der Waals surface area (Å²) in [4.78, 5) is 0. The molecule has 144 valence electrons. The minimum absolute atomic E-state index is 0.424. The maximum Gasteiger partial charge on any atom is 0.143 e. The van der Waals surface area contributed by atoms with Crippen LogP contribution in [0.3, 0.4) is 0 Å². The Morgan fingerprint density at radius 1 is 0.821 bits per heavy atom. The van der Waals surface area contributed by atoms with Gasteiger partial charge in [-0.05, 0) is 41.7 Å². The summed E-state index contributed by atoms with van der Waals surface area (Å²) in [6.07, 6.45) is 2.44. The maximum atomic E-state index is 6.74. The van der Waals surface area contributed by atoms with Crippen LogP contribution in [0, 0.1) is 0 Å². The lowest BCUT2D eigenvalue weighted by Gasteiger charge is -2.36. The van der Waals surface area contributed by atoms with Crippen LogP contribution in [0.4, 0.5) is 0 Å². The Kier molecular flexibility index (Phi) is 5.75. The number of hydrogen-bond donors (Lipinski definition) is 0. The van der Waals surface area contributed by atoms with Gasteiger partial charge < -0.3 is 14.2 Å². The van der Waals surface area contributed by atoms with Crippen LogP contribution in [0.2, 0.25) is 0 Å². The van der Waals surface area contributed by atoms with Gasteiger partial charge in [0, 0.05) is 6.61 Å². The molecule has 0 saturated carbocycles. The second-order valence-electron chi connectivity index (χ2n) is 7.09. The van der Waals surface area contributed by atoms with E-state index in [9.17, 15) is 0 Å². The van der Waals surface area contributed by atoms with E-state index < -0.39 is 5.60 Å². The fourth-order valence-corrected chi connectivity index (χ4v) is 3.69. The molecular formula is C25H26O3. The number of methoxy groups -OCH3 is 1. The molecule has 0 N–H and O–H groups in total. The third-order valence-corrected chi connectivity index (χ3v) is 5.25. The Labute approximate surface area is 166 Å². The van der Waals surface area contributed by atoms with Crippen LogP contribution in [-0.4, -0.2) is 26.4 Å². The van der Waals surface area contributed by atoms with Crippen LogP contribution >= 0.6 is 0 Å². The molecule has 1 atom stereocenters. The highest BCUT2D eigenvalue weighted by atomic mass is 16.6. The summed E-state index contributed by atoms with van der Waals surface area (Å²) in [5, 5.41) is 0. The van der Waals surface area contributed by atoms with Gasteiger partial charge in [0.25, 0.3) is 0 Å². The summed E-state index contributed by atoms with van der Waals surface area (Å²) in [6, 6.07) is 29.1. The molecule has 3 heteroatoms. The molecule has 0 bridgehead atoms. The predicted molar refractivity (Wildman–Crippen MR) is 111 cm³/mol. The zero-order valence-corrected chi connectivity index (χ0v) is 16.2. The van der Waals surface area contributed by atoms with Crippen LogP contribution in [0.25, 0.3) is 0 Å². The number of epoxide rings is 1. The second-order valence-corrected chi connectivity index (χ2v) is 7.09. The Balaban J connectivity index is 1.77. The van der Waals surface area contributed by atoms with Gasteiger partial charge in [-0.1, -0.05) is 72.8 Å². The SMILES string of the molecule is COc1ccc(C(OCCC[C@H]2CO2)(c2ccccc2)c2ccccc2)cc1. The van der Waals surface area contributed by atoms with Gasteiger partial charge in [-0.25, -0.2) is 0 Å².